The molecule has 4 heterocycles. The highest BCUT2D eigenvalue weighted by Gasteiger charge is 2.56. The van der Waals surface area contributed by atoms with Crippen LogP contribution in [0.1, 0.15) is 65.2 Å². The third kappa shape index (κ3) is 5.83. The van der Waals surface area contributed by atoms with Gasteiger partial charge in [-0.25, -0.2) is 9.97 Å². The Hall–Kier alpha value is -1.81. The lowest BCUT2D eigenvalue weighted by atomic mass is 10.1. The van der Waals surface area contributed by atoms with E-state index in [1.807, 2.05) is 13.8 Å². The van der Waals surface area contributed by atoms with Gasteiger partial charge in [0.05, 0.1) is 31.8 Å². The number of ether oxygens (including phenoxy) is 4. The van der Waals surface area contributed by atoms with Crippen molar-refractivity contribution < 1.29 is 32.6 Å². The predicted octanol–water partition coefficient (Wildman–Crippen LogP) is 4.97. The number of imidazole rings is 1. The first-order valence-corrected chi connectivity index (χ1v) is 15.5. The van der Waals surface area contributed by atoms with Crippen LogP contribution in [0.15, 0.2) is 6.33 Å². The summed E-state index contributed by atoms with van der Waals surface area (Å²) in [7, 11) is -3.38. The van der Waals surface area contributed by atoms with Crippen LogP contribution < -0.4 is 5.32 Å². The van der Waals surface area contributed by atoms with E-state index in [2.05, 4.69) is 21.4 Å². The van der Waals surface area contributed by atoms with Gasteiger partial charge in [-0.2, -0.15) is 5.26 Å². The minimum atomic E-state index is -3.38. The van der Waals surface area contributed by atoms with Crippen LogP contribution in [-0.4, -0.2) is 70.8 Å². The maximum atomic E-state index is 12.8. The van der Waals surface area contributed by atoms with Gasteiger partial charge in [0.15, 0.2) is 22.8 Å². The molecular weight excluding hydrogens is 549 g/mol. The van der Waals surface area contributed by atoms with Gasteiger partial charge >= 0.3 is 7.60 Å². The molecule has 0 bridgehead atoms. The molecule has 0 aromatic carbocycles. The minimum absolute atomic E-state index is 0.0785. The monoisotopic (exact) mass is 583 g/mol. The van der Waals surface area contributed by atoms with E-state index in [9.17, 15) is 9.83 Å². The summed E-state index contributed by atoms with van der Waals surface area (Å²) in [5.41, 5.74) is 1.86. The zero-order valence-corrected chi connectivity index (χ0v) is 24.2. The van der Waals surface area contributed by atoms with Crippen molar-refractivity contribution in [1.82, 2.24) is 14.5 Å². The molecule has 1 saturated carbocycles. The van der Waals surface area contributed by atoms with Crippen molar-refractivity contribution in [3.63, 3.8) is 0 Å². The van der Waals surface area contributed by atoms with Gasteiger partial charge < -0.3 is 33.3 Å². The molecule has 0 amide bonds. The molecule has 0 spiro atoms. The molecule has 3 fully saturated rings. The first kappa shape index (κ1) is 28.7. The lowest BCUT2D eigenvalue weighted by molar-refractivity contribution is -0.201. The normalized spacial score (nSPS) is 26.8. The SMILES string of the molecule is CCOP(=O)(COC[C@H]1O[C@@H](n2cnc3c(NC4CCCC4)c(C#N)c(Cl)nc32)[C@@H]2OC(C)(C)O[C@@H]21)OCC. The molecule has 14 heteroatoms. The van der Waals surface area contributed by atoms with E-state index in [1.54, 1.807) is 24.7 Å². The number of pyridine rings is 1. The van der Waals surface area contributed by atoms with Crippen LogP contribution in [0, 0.1) is 11.3 Å². The highest BCUT2D eigenvalue weighted by Crippen LogP contribution is 2.49. The summed E-state index contributed by atoms with van der Waals surface area (Å²) in [5.74, 6) is -0.855. The number of nitriles is 1. The van der Waals surface area contributed by atoms with E-state index < -0.39 is 37.9 Å². The van der Waals surface area contributed by atoms with E-state index in [1.165, 1.54) is 0 Å². The highest BCUT2D eigenvalue weighted by molar-refractivity contribution is 7.53. The lowest BCUT2D eigenvalue weighted by Gasteiger charge is -2.25. The molecule has 12 nitrogen and oxygen atoms in total. The van der Waals surface area contributed by atoms with Gasteiger partial charge in [-0.15, -0.1) is 0 Å². The topological polar surface area (TPSA) is 139 Å². The second kappa shape index (κ2) is 11.6. The molecular formula is C25H35ClN5O7P. The van der Waals surface area contributed by atoms with Gasteiger partial charge in [-0.05, 0) is 40.5 Å². The number of halogens is 1. The zero-order chi connectivity index (χ0) is 27.8. The Balaban J connectivity index is 1.42. The molecule has 1 N–H and O–H groups in total. The quantitative estimate of drug-likeness (QED) is 0.283. The van der Waals surface area contributed by atoms with Crippen LogP contribution in [0.3, 0.4) is 0 Å². The van der Waals surface area contributed by atoms with Crippen molar-refractivity contribution in [1.29, 1.82) is 5.26 Å². The molecule has 2 aromatic heterocycles. The number of fused-ring (bicyclic) bond motifs is 2. The van der Waals surface area contributed by atoms with Gasteiger partial charge in [0.25, 0.3) is 0 Å². The van der Waals surface area contributed by atoms with E-state index in [4.69, 9.17) is 39.6 Å². The second-order valence-corrected chi connectivity index (χ2v) is 12.6. The van der Waals surface area contributed by atoms with E-state index >= 15 is 0 Å². The van der Waals surface area contributed by atoms with Crippen molar-refractivity contribution in [2.75, 3.05) is 31.5 Å². The van der Waals surface area contributed by atoms with Crippen LogP contribution in [-0.2, 0) is 32.6 Å². The van der Waals surface area contributed by atoms with Crippen molar-refractivity contribution >= 4 is 36.0 Å². The fourth-order valence-corrected chi connectivity index (χ4v) is 7.07. The van der Waals surface area contributed by atoms with E-state index in [0.29, 0.717) is 16.9 Å². The Morgan fingerprint density at radius 2 is 1.92 bits per heavy atom. The van der Waals surface area contributed by atoms with Crippen LogP contribution in [0.25, 0.3) is 11.2 Å². The van der Waals surface area contributed by atoms with Gasteiger partial charge in [-0.3, -0.25) is 9.13 Å². The van der Waals surface area contributed by atoms with Crippen molar-refractivity contribution in [2.24, 2.45) is 0 Å². The maximum absolute atomic E-state index is 12.8. The molecule has 0 radical (unpaired) electrons. The molecule has 3 aliphatic rings. The van der Waals surface area contributed by atoms with Crippen LogP contribution >= 0.6 is 19.2 Å². The van der Waals surface area contributed by atoms with Crippen LogP contribution in [0.4, 0.5) is 5.69 Å². The lowest BCUT2D eigenvalue weighted by Crippen LogP contribution is -2.33. The Bertz CT molecular complexity index is 1270. The Morgan fingerprint density at radius 1 is 1.23 bits per heavy atom. The van der Waals surface area contributed by atoms with Crippen LogP contribution in [0.5, 0.6) is 0 Å². The summed E-state index contributed by atoms with van der Waals surface area (Å²) in [4.78, 5) is 9.14. The summed E-state index contributed by atoms with van der Waals surface area (Å²) in [5, 5.41) is 13.4. The standard InChI is InChI=1S/C25H35ClN5O7P/c1-5-34-39(32,35-6-2)14-33-12-17-20-21(38-25(3,4)37-20)24(36-17)31-13-28-19-18(29-15-9-7-8-10-15)16(11-27)22(26)30-23(19)31/h13,15,17,20-21,24H,5-10,12,14H2,1-4H3,(H,29,30)/t17-,20-,21-,24-/m1/s1. The molecule has 0 unspecified atom stereocenters. The third-order valence-corrected chi connectivity index (χ3v) is 9.14. The van der Waals surface area contributed by atoms with Crippen molar-refractivity contribution in [2.45, 2.75) is 89.7 Å². The first-order valence-electron chi connectivity index (χ1n) is 13.4. The van der Waals surface area contributed by atoms with Gasteiger partial charge in [0, 0.05) is 6.04 Å². The molecule has 214 valence electrons. The van der Waals surface area contributed by atoms with Crippen molar-refractivity contribution in [3.8, 4) is 6.07 Å². The number of nitrogens with zero attached hydrogens (tertiary/aromatic N) is 4. The number of rotatable bonds is 11. The first-order chi connectivity index (χ1) is 18.7. The average Bonchev–Trinajstić information content (AvgIpc) is 3.65. The Kier molecular flexibility index (Phi) is 8.53. The summed E-state index contributed by atoms with van der Waals surface area (Å²) < 4.78 is 49.8. The third-order valence-electron chi connectivity index (χ3n) is 7.06. The second-order valence-electron chi connectivity index (χ2n) is 10.3. The smallest absolute Gasteiger partial charge is 0.356 e. The number of anilines is 1. The largest absolute Gasteiger partial charge is 0.379 e. The van der Waals surface area contributed by atoms with Crippen molar-refractivity contribution in [3.05, 3.63) is 17.0 Å². The molecule has 4 atom stereocenters. The molecule has 5 rings (SSSR count). The minimum Gasteiger partial charge on any atom is -0.379 e. The molecule has 2 aliphatic heterocycles. The number of aromatic nitrogens is 3. The number of hydrogen-bond donors (Lipinski definition) is 1. The maximum Gasteiger partial charge on any atom is 0.356 e. The number of hydrogen-bond acceptors (Lipinski definition) is 11. The summed E-state index contributed by atoms with van der Waals surface area (Å²) >= 11 is 6.50. The number of nitrogens with one attached hydrogen (secondary N) is 1. The Morgan fingerprint density at radius 3 is 2.59 bits per heavy atom. The highest BCUT2D eigenvalue weighted by atomic mass is 35.5. The molecule has 1 aliphatic carbocycles. The Labute approximate surface area is 232 Å². The van der Waals surface area contributed by atoms with Gasteiger partial charge in [0.1, 0.15) is 41.8 Å². The summed E-state index contributed by atoms with van der Waals surface area (Å²) in [6.07, 6.45) is 3.55. The van der Waals surface area contributed by atoms with E-state index in [-0.39, 0.29) is 42.9 Å². The van der Waals surface area contributed by atoms with E-state index in [0.717, 1.165) is 25.7 Å². The van der Waals surface area contributed by atoms with Gasteiger partial charge in [0.2, 0.25) is 0 Å². The molecule has 39 heavy (non-hydrogen) atoms. The predicted molar refractivity (Wildman–Crippen MR) is 143 cm³/mol. The average molecular weight is 584 g/mol. The fourth-order valence-electron chi connectivity index (χ4n) is 5.52. The zero-order valence-electron chi connectivity index (χ0n) is 22.6. The molecule has 2 aromatic rings. The van der Waals surface area contributed by atoms with Gasteiger partial charge in [-0.1, -0.05) is 24.4 Å². The summed E-state index contributed by atoms with van der Waals surface area (Å²) in [6.45, 7) is 7.73. The summed E-state index contributed by atoms with van der Waals surface area (Å²) in [6, 6.07) is 2.42. The molecule has 2 saturated heterocycles. The van der Waals surface area contributed by atoms with Crippen LogP contribution in [0.2, 0.25) is 5.15 Å². The fraction of sp³-hybridized carbons (Fsp3) is 0.720.